The number of carbonyl (C=O) groups is 1. The number of esters is 1. The third-order valence-electron chi connectivity index (χ3n) is 2.23. The highest BCUT2D eigenvalue weighted by Gasteiger charge is 2.12. The van der Waals surface area contributed by atoms with E-state index in [1.807, 2.05) is 6.07 Å². The average Bonchev–Trinajstić information content (AvgIpc) is 2.34. The fourth-order valence-electron chi connectivity index (χ4n) is 1.34. The Morgan fingerprint density at radius 2 is 2.35 bits per heavy atom. The molecule has 17 heavy (non-hydrogen) atoms. The lowest BCUT2D eigenvalue weighted by atomic mass is 10.2. The molecule has 1 aromatic carbocycles. The quantitative estimate of drug-likeness (QED) is 0.649. The van der Waals surface area contributed by atoms with Crippen molar-refractivity contribution >= 4 is 21.9 Å². The summed E-state index contributed by atoms with van der Waals surface area (Å²) in [7, 11) is 0. The van der Waals surface area contributed by atoms with Crippen LogP contribution < -0.4 is 0 Å². The van der Waals surface area contributed by atoms with E-state index >= 15 is 0 Å². The Morgan fingerprint density at radius 3 is 2.94 bits per heavy atom. The molecule has 0 saturated carbocycles. The molecule has 3 nitrogen and oxygen atoms in total. The monoisotopic (exact) mass is 298 g/mol. The number of ether oxygens (including phenoxy) is 1. The van der Waals surface area contributed by atoms with Crippen LogP contribution in [-0.2, 0) is 4.74 Å². The van der Waals surface area contributed by atoms with E-state index in [0.29, 0.717) is 18.4 Å². The maximum atomic E-state index is 11.8. The molecule has 92 valence electrons. The van der Waals surface area contributed by atoms with E-state index in [4.69, 9.17) is 9.84 Å². The van der Waals surface area contributed by atoms with E-state index in [-0.39, 0.29) is 18.7 Å². The van der Waals surface area contributed by atoms with Crippen LogP contribution in [0, 0.1) is 0 Å². The van der Waals surface area contributed by atoms with Gasteiger partial charge in [0.25, 0.3) is 0 Å². The smallest absolute Gasteiger partial charge is 0.338 e. The van der Waals surface area contributed by atoms with Gasteiger partial charge in [0.1, 0.15) is 6.10 Å². The van der Waals surface area contributed by atoms with Crippen molar-refractivity contribution in [2.75, 3.05) is 6.61 Å². The highest BCUT2D eigenvalue weighted by atomic mass is 79.9. The van der Waals surface area contributed by atoms with Crippen molar-refractivity contribution < 1.29 is 14.6 Å². The van der Waals surface area contributed by atoms with Crippen molar-refractivity contribution in [1.29, 1.82) is 0 Å². The molecule has 0 aliphatic heterocycles. The van der Waals surface area contributed by atoms with Gasteiger partial charge >= 0.3 is 5.97 Å². The Hall–Kier alpha value is -1.13. The van der Waals surface area contributed by atoms with Crippen LogP contribution in [0.15, 0.2) is 41.4 Å². The summed E-state index contributed by atoms with van der Waals surface area (Å²) in [5.74, 6) is -0.380. The molecule has 0 spiro atoms. The Balaban J connectivity index is 2.61. The van der Waals surface area contributed by atoms with Crippen molar-refractivity contribution in [3.63, 3.8) is 0 Å². The van der Waals surface area contributed by atoms with Crippen LogP contribution in [0.2, 0.25) is 0 Å². The fraction of sp³-hybridized carbons (Fsp3) is 0.308. The number of aliphatic hydroxyl groups excluding tert-OH is 1. The van der Waals surface area contributed by atoms with Gasteiger partial charge < -0.3 is 9.84 Å². The normalized spacial score (nSPS) is 11.9. The summed E-state index contributed by atoms with van der Waals surface area (Å²) < 4.78 is 6.08. The standard InChI is InChI=1S/C13H15BrO3/c1-2-12(7-4-8-15)17-13(16)10-5-3-6-11(14)9-10/h2-3,5-6,9,12,15H,1,4,7-8H2. The van der Waals surface area contributed by atoms with Crippen LogP contribution in [0.3, 0.4) is 0 Å². The number of halogens is 1. The van der Waals surface area contributed by atoms with Gasteiger partial charge in [0.2, 0.25) is 0 Å². The minimum atomic E-state index is -0.380. The molecular weight excluding hydrogens is 284 g/mol. The molecule has 1 atom stereocenters. The summed E-state index contributed by atoms with van der Waals surface area (Å²) in [5.41, 5.74) is 0.496. The van der Waals surface area contributed by atoms with E-state index in [2.05, 4.69) is 22.5 Å². The van der Waals surface area contributed by atoms with Gasteiger partial charge in [0.15, 0.2) is 0 Å². The lowest BCUT2D eigenvalue weighted by molar-refractivity contribution is 0.0369. The van der Waals surface area contributed by atoms with Gasteiger partial charge in [-0.1, -0.05) is 34.7 Å². The van der Waals surface area contributed by atoms with E-state index in [0.717, 1.165) is 4.47 Å². The van der Waals surface area contributed by atoms with Crippen molar-refractivity contribution in [3.8, 4) is 0 Å². The molecule has 0 fully saturated rings. The SMILES string of the molecule is C=CC(CCCO)OC(=O)c1cccc(Br)c1. The second kappa shape index (κ2) is 7.25. The first-order valence-electron chi connectivity index (χ1n) is 5.37. The van der Waals surface area contributed by atoms with Gasteiger partial charge in [0.05, 0.1) is 5.56 Å². The molecule has 1 aromatic rings. The lowest BCUT2D eigenvalue weighted by Crippen LogP contribution is -2.16. The number of hydrogen-bond acceptors (Lipinski definition) is 3. The van der Waals surface area contributed by atoms with Crippen LogP contribution in [-0.4, -0.2) is 23.8 Å². The molecule has 0 saturated heterocycles. The molecule has 0 amide bonds. The molecule has 0 aliphatic rings. The van der Waals surface area contributed by atoms with Crippen molar-refractivity contribution in [2.24, 2.45) is 0 Å². The lowest BCUT2D eigenvalue weighted by Gasteiger charge is -2.13. The van der Waals surface area contributed by atoms with Gasteiger partial charge in [-0.15, -0.1) is 0 Å². The van der Waals surface area contributed by atoms with Gasteiger partial charge in [-0.25, -0.2) is 4.79 Å². The van der Waals surface area contributed by atoms with Crippen molar-refractivity contribution in [2.45, 2.75) is 18.9 Å². The van der Waals surface area contributed by atoms with Gasteiger partial charge in [0, 0.05) is 11.1 Å². The number of carbonyl (C=O) groups excluding carboxylic acids is 1. The Bertz CT molecular complexity index is 390. The first kappa shape index (κ1) is 13.9. The predicted octanol–water partition coefficient (Wildman–Crippen LogP) is 2.93. The summed E-state index contributed by atoms with van der Waals surface area (Å²) in [4.78, 5) is 11.8. The van der Waals surface area contributed by atoms with Crippen molar-refractivity contribution in [3.05, 3.63) is 47.0 Å². The molecule has 1 unspecified atom stereocenters. The van der Waals surface area contributed by atoms with Crippen LogP contribution in [0.25, 0.3) is 0 Å². The average molecular weight is 299 g/mol. The van der Waals surface area contributed by atoms with E-state index in [1.165, 1.54) is 0 Å². The molecule has 0 radical (unpaired) electrons. The van der Waals surface area contributed by atoms with E-state index < -0.39 is 0 Å². The first-order chi connectivity index (χ1) is 8.17. The zero-order valence-electron chi connectivity index (χ0n) is 9.43. The third-order valence-corrected chi connectivity index (χ3v) is 2.72. The second-order valence-corrected chi connectivity index (χ2v) is 4.47. The molecular formula is C13H15BrO3. The van der Waals surface area contributed by atoms with Crippen LogP contribution in [0.4, 0.5) is 0 Å². The minimum absolute atomic E-state index is 0.0821. The highest BCUT2D eigenvalue weighted by Crippen LogP contribution is 2.14. The number of rotatable bonds is 6. The molecule has 0 aliphatic carbocycles. The maximum absolute atomic E-state index is 11.8. The van der Waals surface area contributed by atoms with E-state index in [9.17, 15) is 4.79 Å². The second-order valence-electron chi connectivity index (χ2n) is 3.56. The van der Waals surface area contributed by atoms with E-state index in [1.54, 1.807) is 24.3 Å². The predicted molar refractivity (Wildman–Crippen MR) is 69.9 cm³/mol. The zero-order valence-corrected chi connectivity index (χ0v) is 11.0. The summed E-state index contributed by atoms with van der Waals surface area (Å²) in [6, 6.07) is 7.01. The Morgan fingerprint density at radius 1 is 1.59 bits per heavy atom. The van der Waals surface area contributed by atoms with Crippen molar-refractivity contribution in [1.82, 2.24) is 0 Å². The van der Waals surface area contributed by atoms with Crippen LogP contribution in [0.1, 0.15) is 23.2 Å². The molecule has 0 bridgehead atoms. The third kappa shape index (κ3) is 4.71. The number of hydrogen-bond donors (Lipinski definition) is 1. The van der Waals surface area contributed by atoms with Crippen LogP contribution >= 0.6 is 15.9 Å². The summed E-state index contributed by atoms with van der Waals surface area (Å²) in [6.07, 6.45) is 2.39. The zero-order chi connectivity index (χ0) is 12.7. The summed E-state index contributed by atoms with van der Waals surface area (Å²) in [6.45, 7) is 3.69. The molecule has 1 rings (SSSR count). The minimum Gasteiger partial charge on any atom is -0.455 e. The maximum Gasteiger partial charge on any atom is 0.338 e. The highest BCUT2D eigenvalue weighted by molar-refractivity contribution is 9.10. The largest absolute Gasteiger partial charge is 0.455 e. The summed E-state index contributed by atoms with van der Waals surface area (Å²) >= 11 is 3.29. The first-order valence-corrected chi connectivity index (χ1v) is 6.16. The molecule has 4 heteroatoms. The molecule has 1 N–H and O–H groups in total. The van der Waals surface area contributed by atoms with Gasteiger partial charge in [-0.05, 0) is 31.0 Å². The number of aliphatic hydroxyl groups is 1. The molecule has 0 aromatic heterocycles. The number of benzene rings is 1. The van der Waals surface area contributed by atoms with Gasteiger partial charge in [-0.2, -0.15) is 0 Å². The van der Waals surface area contributed by atoms with Crippen LogP contribution in [0.5, 0.6) is 0 Å². The Kier molecular flexibility index (Phi) is 5.94. The molecule has 0 heterocycles. The summed E-state index contributed by atoms with van der Waals surface area (Å²) in [5, 5.41) is 8.72. The Labute approximate surface area is 109 Å². The topological polar surface area (TPSA) is 46.5 Å². The fourth-order valence-corrected chi connectivity index (χ4v) is 1.74. The van der Waals surface area contributed by atoms with Gasteiger partial charge in [-0.3, -0.25) is 0 Å².